The van der Waals surface area contributed by atoms with Gasteiger partial charge in [-0.15, -0.1) is 0 Å². The molecule has 1 unspecified atom stereocenters. The Morgan fingerprint density at radius 1 is 1.25 bits per heavy atom. The van der Waals surface area contributed by atoms with Gasteiger partial charge in [-0.1, -0.05) is 18.2 Å². The summed E-state index contributed by atoms with van der Waals surface area (Å²) in [5.74, 6) is 1.04. The van der Waals surface area contributed by atoms with Gasteiger partial charge in [0.2, 0.25) is 0 Å². The Kier molecular flexibility index (Phi) is 3.99. The molecule has 1 saturated heterocycles. The van der Waals surface area contributed by atoms with E-state index in [9.17, 15) is 0 Å². The second kappa shape index (κ2) is 5.74. The second-order valence-electron chi connectivity index (χ2n) is 6.53. The van der Waals surface area contributed by atoms with Gasteiger partial charge in [-0.2, -0.15) is 0 Å². The van der Waals surface area contributed by atoms with Crippen molar-refractivity contribution >= 4 is 0 Å². The van der Waals surface area contributed by atoms with E-state index in [1.807, 2.05) is 6.07 Å². The number of rotatable bonds is 5. The van der Waals surface area contributed by atoms with Crippen molar-refractivity contribution in [1.29, 1.82) is 0 Å². The number of ether oxygens (including phenoxy) is 1. The maximum absolute atomic E-state index is 6.06. The summed E-state index contributed by atoms with van der Waals surface area (Å²) in [7, 11) is 0. The molecule has 0 spiro atoms. The Balaban J connectivity index is 1.53. The topological polar surface area (TPSA) is 24.5 Å². The van der Waals surface area contributed by atoms with Crippen LogP contribution in [0, 0.1) is 0 Å². The SMILES string of the molecule is CC1(C)Oc2ccccc2C1NCCCN1CCCC1. The number of likely N-dealkylation sites (tertiary alicyclic amines) is 1. The summed E-state index contributed by atoms with van der Waals surface area (Å²) in [6, 6.07) is 8.70. The van der Waals surface area contributed by atoms with Crippen molar-refractivity contribution < 1.29 is 4.74 Å². The van der Waals surface area contributed by atoms with Gasteiger partial charge in [-0.3, -0.25) is 0 Å². The molecular formula is C17H26N2O. The van der Waals surface area contributed by atoms with E-state index in [0.717, 1.165) is 12.3 Å². The molecule has 20 heavy (non-hydrogen) atoms. The molecule has 3 nitrogen and oxygen atoms in total. The minimum absolute atomic E-state index is 0.155. The quantitative estimate of drug-likeness (QED) is 0.835. The van der Waals surface area contributed by atoms with Crippen LogP contribution in [0.15, 0.2) is 24.3 Å². The molecule has 2 aliphatic rings. The number of fused-ring (bicyclic) bond motifs is 1. The summed E-state index contributed by atoms with van der Waals surface area (Å²) in [6.45, 7) is 9.21. The smallest absolute Gasteiger partial charge is 0.125 e. The molecule has 3 heteroatoms. The molecule has 0 saturated carbocycles. The number of nitrogens with zero attached hydrogens (tertiary/aromatic N) is 1. The summed E-state index contributed by atoms with van der Waals surface area (Å²) in [5.41, 5.74) is 1.15. The third kappa shape index (κ3) is 2.84. The number of nitrogens with one attached hydrogen (secondary N) is 1. The van der Waals surface area contributed by atoms with Gasteiger partial charge >= 0.3 is 0 Å². The Morgan fingerprint density at radius 3 is 2.80 bits per heavy atom. The van der Waals surface area contributed by atoms with Crippen LogP contribution in [0.3, 0.4) is 0 Å². The maximum atomic E-state index is 6.06. The zero-order chi connectivity index (χ0) is 14.0. The Bertz CT molecular complexity index is 452. The lowest BCUT2D eigenvalue weighted by atomic mass is 9.94. The van der Waals surface area contributed by atoms with Crippen LogP contribution in [0.5, 0.6) is 5.75 Å². The summed E-state index contributed by atoms with van der Waals surface area (Å²) in [5, 5.41) is 3.70. The highest BCUT2D eigenvalue weighted by Gasteiger charge is 2.40. The second-order valence-corrected chi connectivity index (χ2v) is 6.53. The minimum Gasteiger partial charge on any atom is -0.486 e. The number of benzene rings is 1. The Hall–Kier alpha value is -1.06. The van der Waals surface area contributed by atoms with Gasteiger partial charge in [0.05, 0.1) is 6.04 Å². The first-order valence-electron chi connectivity index (χ1n) is 7.90. The van der Waals surface area contributed by atoms with Crippen LogP contribution < -0.4 is 10.1 Å². The van der Waals surface area contributed by atoms with E-state index in [4.69, 9.17) is 4.74 Å². The molecule has 1 N–H and O–H groups in total. The molecule has 0 amide bonds. The average molecular weight is 274 g/mol. The Morgan fingerprint density at radius 2 is 2.00 bits per heavy atom. The average Bonchev–Trinajstić information content (AvgIpc) is 3.00. The zero-order valence-corrected chi connectivity index (χ0v) is 12.7. The molecule has 0 aliphatic carbocycles. The summed E-state index contributed by atoms with van der Waals surface area (Å²) >= 11 is 0. The highest BCUT2D eigenvalue weighted by Crippen LogP contribution is 2.42. The highest BCUT2D eigenvalue weighted by atomic mass is 16.5. The van der Waals surface area contributed by atoms with Gasteiger partial charge in [0.1, 0.15) is 11.4 Å². The van der Waals surface area contributed by atoms with E-state index in [2.05, 4.69) is 42.3 Å². The largest absolute Gasteiger partial charge is 0.486 e. The molecule has 110 valence electrons. The van der Waals surface area contributed by atoms with Crippen molar-refractivity contribution in [2.75, 3.05) is 26.2 Å². The van der Waals surface area contributed by atoms with E-state index in [1.165, 1.54) is 44.5 Å². The lowest BCUT2D eigenvalue weighted by Crippen LogP contribution is -2.40. The van der Waals surface area contributed by atoms with Crippen LogP contribution in [0.4, 0.5) is 0 Å². The first-order valence-corrected chi connectivity index (χ1v) is 7.90. The standard InChI is InChI=1S/C17H26N2O/c1-17(2)16(14-8-3-4-9-15(14)20-17)18-10-7-13-19-11-5-6-12-19/h3-4,8-9,16,18H,5-7,10-13H2,1-2H3. The van der Waals surface area contributed by atoms with Crippen LogP contribution in [0.2, 0.25) is 0 Å². The predicted octanol–water partition coefficient (Wildman–Crippen LogP) is 2.97. The van der Waals surface area contributed by atoms with Gasteiger partial charge in [0, 0.05) is 5.56 Å². The summed E-state index contributed by atoms with van der Waals surface area (Å²) in [4.78, 5) is 2.58. The predicted molar refractivity (Wildman–Crippen MR) is 82.2 cm³/mol. The first-order chi connectivity index (χ1) is 9.67. The molecule has 0 bridgehead atoms. The normalized spacial score (nSPS) is 24.6. The molecule has 2 aliphatic heterocycles. The van der Waals surface area contributed by atoms with Gasteiger partial charge < -0.3 is 15.0 Å². The molecule has 2 heterocycles. The van der Waals surface area contributed by atoms with E-state index in [0.29, 0.717) is 6.04 Å². The zero-order valence-electron chi connectivity index (χ0n) is 12.7. The van der Waals surface area contributed by atoms with Crippen molar-refractivity contribution in [2.24, 2.45) is 0 Å². The van der Waals surface area contributed by atoms with E-state index in [1.54, 1.807) is 0 Å². The highest BCUT2D eigenvalue weighted by molar-refractivity contribution is 5.42. The van der Waals surface area contributed by atoms with E-state index >= 15 is 0 Å². The molecule has 1 aromatic rings. The first kappa shape index (κ1) is 13.9. The van der Waals surface area contributed by atoms with Crippen LogP contribution >= 0.6 is 0 Å². The van der Waals surface area contributed by atoms with Crippen LogP contribution in [-0.2, 0) is 0 Å². The molecule has 1 atom stereocenters. The monoisotopic (exact) mass is 274 g/mol. The molecule has 0 aromatic heterocycles. The molecule has 1 fully saturated rings. The fraction of sp³-hybridized carbons (Fsp3) is 0.647. The van der Waals surface area contributed by atoms with Gasteiger partial charge in [-0.25, -0.2) is 0 Å². The lowest BCUT2D eigenvalue weighted by Gasteiger charge is -2.27. The molecular weight excluding hydrogens is 248 g/mol. The molecule has 0 radical (unpaired) electrons. The number of hydrogen-bond acceptors (Lipinski definition) is 3. The van der Waals surface area contributed by atoms with Crippen LogP contribution in [0.1, 0.15) is 44.7 Å². The summed E-state index contributed by atoms with van der Waals surface area (Å²) < 4.78 is 6.06. The van der Waals surface area contributed by atoms with Gasteiger partial charge in [0.25, 0.3) is 0 Å². The number of para-hydroxylation sites is 1. The number of hydrogen-bond donors (Lipinski definition) is 1. The fourth-order valence-electron chi connectivity index (χ4n) is 3.44. The van der Waals surface area contributed by atoms with Crippen molar-refractivity contribution in [3.8, 4) is 5.75 Å². The Labute approximate surface area is 122 Å². The van der Waals surface area contributed by atoms with Crippen molar-refractivity contribution in [3.05, 3.63) is 29.8 Å². The molecule has 1 aromatic carbocycles. The van der Waals surface area contributed by atoms with E-state index in [-0.39, 0.29) is 5.60 Å². The summed E-state index contributed by atoms with van der Waals surface area (Å²) in [6.07, 6.45) is 3.98. The fourth-order valence-corrected chi connectivity index (χ4v) is 3.44. The maximum Gasteiger partial charge on any atom is 0.125 e. The van der Waals surface area contributed by atoms with Gasteiger partial charge in [-0.05, 0) is 65.4 Å². The lowest BCUT2D eigenvalue weighted by molar-refractivity contribution is 0.0961. The minimum atomic E-state index is -0.155. The van der Waals surface area contributed by atoms with Crippen molar-refractivity contribution in [2.45, 2.75) is 44.8 Å². The third-order valence-electron chi connectivity index (χ3n) is 4.50. The van der Waals surface area contributed by atoms with Crippen molar-refractivity contribution in [1.82, 2.24) is 10.2 Å². The van der Waals surface area contributed by atoms with Crippen LogP contribution in [-0.4, -0.2) is 36.7 Å². The van der Waals surface area contributed by atoms with Crippen molar-refractivity contribution in [3.63, 3.8) is 0 Å². The van der Waals surface area contributed by atoms with Gasteiger partial charge in [0.15, 0.2) is 0 Å². The van der Waals surface area contributed by atoms with Crippen LogP contribution in [0.25, 0.3) is 0 Å². The van der Waals surface area contributed by atoms with E-state index < -0.39 is 0 Å². The third-order valence-corrected chi connectivity index (χ3v) is 4.50. The molecule has 3 rings (SSSR count).